The highest BCUT2D eigenvalue weighted by Crippen LogP contribution is 2.26. The number of anilines is 2. The first-order valence-corrected chi connectivity index (χ1v) is 9.06. The quantitative estimate of drug-likeness (QED) is 0.678. The number of carbonyl (C=O) groups excluding carboxylic acids is 2. The molecule has 2 amide bonds. The van der Waals surface area contributed by atoms with Gasteiger partial charge in [-0.1, -0.05) is 23.5 Å². The van der Waals surface area contributed by atoms with E-state index in [-0.39, 0.29) is 11.8 Å². The van der Waals surface area contributed by atoms with E-state index in [1.807, 2.05) is 48.5 Å². The maximum Gasteiger partial charge on any atom is 0.236 e. The molecule has 0 saturated heterocycles. The highest BCUT2D eigenvalue weighted by Gasteiger charge is 2.08. The molecule has 0 aliphatic carbocycles. The number of rotatable bonds is 5. The molecule has 0 unspecified atom stereocenters. The first kappa shape index (κ1) is 16.5. The number of amides is 2. The molecule has 0 saturated carbocycles. The van der Waals surface area contributed by atoms with Crippen LogP contribution in [0.4, 0.5) is 10.8 Å². The third kappa shape index (κ3) is 4.33. The van der Waals surface area contributed by atoms with Crippen LogP contribution in [0.5, 0.6) is 0 Å². The van der Waals surface area contributed by atoms with Gasteiger partial charge in [0.25, 0.3) is 0 Å². The van der Waals surface area contributed by atoms with E-state index < -0.39 is 0 Å². The SMILES string of the molecule is CC(=O)Nc1ccc(SCC(=O)Nc2nc3ccccc3s2)cc1. The van der Waals surface area contributed by atoms with Gasteiger partial charge in [-0.2, -0.15) is 0 Å². The van der Waals surface area contributed by atoms with Gasteiger partial charge in [-0.25, -0.2) is 4.98 Å². The van der Waals surface area contributed by atoms with Gasteiger partial charge in [0.05, 0.1) is 16.0 Å². The van der Waals surface area contributed by atoms with Gasteiger partial charge in [-0.15, -0.1) is 11.8 Å². The van der Waals surface area contributed by atoms with Crippen LogP contribution in [-0.4, -0.2) is 22.6 Å². The maximum absolute atomic E-state index is 12.1. The molecule has 0 aliphatic rings. The highest BCUT2D eigenvalue weighted by molar-refractivity contribution is 8.00. The first-order valence-electron chi connectivity index (χ1n) is 7.26. The smallest absolute Gasteiger partial charge is 0.236 e. The Hall–Kier alpha value is -2.38. The maximum atomic E-state index is 12.1. The molecule has 0 spiro atoms. The predicted octanol–water partition coefficient (Wildman–Crippen LogP) is 3.99. The number of benzene rings is 2. The second-order valence-corrected chi connectivity index (χ2v) is 7.11. The van der Waals surface area contributed by atoms with Crippen LogP contribution >= 0.6 is 23.1 Å². The van der Waals surface area contributed by atoms with Crippen LogP contribution in [0.3, 0.4) is 0 Å². The van der Waals surface area contributed by atoms with Crippen molar-refractivity contribution in [3.8, 4) is 0 Å². The minimum Gasteiger partial charge on any atom is -0.326 e. The minimum absolute atomic E-state index is 0.0926. The van der Waals surface area contributed by atoms with Crippen molar-refractivity contribution in [1.82, 2.24) is 4.98 Å². The van der Waals surface area contributed by atoms with Crippen LogP contribution in [0.25, 0.3) is 10.2 Å². The van der Waals surface area contributed by atoms with Crippen LogP contribution in [-0.2, 0) is 9.59 Å². The fourth-order valence-electron chi connectivity index (χ4n) is 2.07. The number of thioether (sulfide) groups is 1. The topological polar surface area (TPSA) is 71.1 Å². The van der Waals surface area contributed by atoms with Gasteiger partial charge in [-0.05, 0) is 36.4 Å². The van der Waals surface area contributed by atoms with E-state index >= 15 is 0 Å². The Labute approximate surface area is 147 Å². The van der Waals surface area contributed by atoms with Gasteiger partial charge in [0.2, 0.25) is 11.8 Å². The summed E-state index contributed by atoms with van der Waals surface area (Å²) in [6.07, 6.45) is 0. The summed E-state index contributed by atoms with van der Waals surface area (Å²) < 4.78 is 1.05. The lowest BCUT2D eigenvalue weighted by molar-refractivity contribution is -0.114. The van der Waals surface area contributed by atoms with E-state index in [1.165, 1.54) is 30.0 Å². The van der Waals surface area contributed by atoms with Crippen LogP contribution in [0.1, 0.15) is 6.92 Å². The van der Waals surface area contributed by atoms with E-state index in [4.69, 9.17) is 0 Å². The van der Waals surface area contributed by atoms with E-state index in [9.17, 15) is 9.59 Å². The average Bonchev–Trinajstić information content (AvgIpc) is 2.96. The largest absolute Gasteiger partial charge is 0.326 e. The van der Waals surface area contributed by atoms with Crippen molar-refractivity contribution in [2.75, 3.05) is 16.4 Å². The zero-order valence-corrected chi connectivity index (χ0v) is 14.5. The lowest BCUT2D eigenvalue weighted by atomic mass is 10.3. The number of fused-ring (bicyclic) bond motifs is 1. The summed E-state index contributed by atoms with van der Waals surface area (Å²) in [6, 6.07) is 15.2. The predicted molar refractivity (Wildman–Crippen MR) is 99.7 cm³/mol. The van der Waals surface area contributed by atoms with Gasteiger partial charge in [0, 0.05) is 17.5 Å². The molecule has 0 bridgehead atoms. The molecule has 3 rings (SSSR count). The Kier molecular flexibility index (Phi) is 5.12. The molecule has 0 aliphatic heterocycles. The first-order chi connectivity index (χ1) is 11.6. The summed E-state index contributed by atoms with van der Waals surface area (Å²) in [4.78, 5) is 28.4. The van der Waals surface area contributed by atoms with E-state index in [2.05, 4.69) is 15.6 Å². The molecule has 122 valence electrons. The molecule has 1 aromatic heterocycles. The number of carbonyl (C=O) groups is 2. The van der Waals surface area contributed by atoms with Crippen LogP contribution in [0.15, 0.2) is 53.4 Å². The second kappa shape index (κ2) is 7.46. The summed E-state index contributed by atoms with van der Waals surface area (Å²) >= 11 is 2.90. The number of para-hydroxylation sites is 1. The Morgan fingerprint density at radius 3 is 2.54 bits per heavy atom. The third-order valence-corrected chi connectivity index (χ3v) is 5.05. The summed E-state index contributed by atoms with van der Waals surface area (Å²) in [5.74, 6) is 0.102. The molecule has 2 aromatic carbocycles. The molecule has 2 N–H and O–H groups in total. The van der Waals surface area contributed by atoms with Crippen molar-refractivity contribution in [2.24, 2.45) is 0 Å². The second-order valence-electron chi connectivity index (χ2n) is 5.03. The van der Waals surface area contributed by atoms with Crippen molar-refractivity contribution in [3.63, 3.8) is 0 Å². The Morgan fingerprint density at radius 1 is 1.08 bits per heavy atom. The molecule has 3 aromatic rings. The normalized spacial score (nSPS) is 10.5. The standard InChI is InChI=1S/C17H15N3O2S2/c1-11(21)18-12-6-8-13(9-7-12)23-10-16(22)20-17-19-14-4-2-3-5-15(14)24-17/h2-9H,10H2,1H3,(H,18,21)(H,19,20,22). The minimum atomic E-state index is -0.106. The van der Waals surface area contributed by atoms with Crippen molar-refractivity contribution < 1.29 is 9.59 Å². The lowest BCUT2D eigenvalue weighted by Gasteiger charge is -2.04. The van der Waals surface area contributed by atoms with Crippen LogP contribution in [0, 0.1) is 0 Å². The molecule has 0 atom stereocenters. The van der Waals surface area contributed by atoms with Gasteiger partial charge < -0.3 is 10.6 Å². The summed E-state index contributed by atoms with van der Waals surface area (Å²) in [7, 11) is 0. The summed E-state index contributed by atoms with van der Waals surface area (Å²) in [5.41, 5.74) is 1.63. The van der Waals surface area contributed by atoms with Gasteiger partial charge in [0.1, 0.15) is 0 Å². The monoisotopic (exact) mass is 357 g/mol. The number of hydrogen-bond donors (Lipinski definition) is 2. The number of nitrogens with zero attached hydrogens (tertiary/aromatic N) is 1. The molecule has 24 heavy (non-hydrogen) atoms. The third-order valence-electron chi connectivity index (χ3n) is 3.08. The van der Waals surface area contributed by atoms with Crippen molar-refractivity contribution in [3.05, 3.63) is 48.5 Å². The number of aromatic nitrogens is 1. The zero-order valence-electron chi connectivity index (χ0n) is 12.9. The molecule has 0 fully saturated rings. The molecule has 7 heteroatoms. The summed E-state index contributed by atoms with van der Waals surface area (Å²) in [6.45, 7) is 1.47. The van der Waals surface area contributed by atoms with E-state index in [0.29, 0.717) is 10.9 Å². The van der Waals surface area contributed by atoms with Crippen LogP contribution in [0.2, 0.25) is 0 Å². The van der Waals surface area contributed by atoms with Crippen molar-refractivity contribution in [2.45, 2.75) is 11.8 Å². The molecule has 5 nitrogen and oxygen atoms in total. The molecule has 0 radical (unpaired) electrons. The Bertz CT molecular complexity index is 842. The van der Waals surface area contributed by atoms with Gasteiger partial charge in [-0.3, -0.25) is 9.59 Å². The fraction of sp³-hybridized carbons (Fsp3) is 0.118. The lowest BCUT2D eigenvalue weighted by Crippen LogP contribution is -2.13. The van der Waals surface area contributed by atoms with Crippen LogP contribution < -0.4 is 10.6 Å². The average molecular weight is 357 g/mol. The number of hydrogen-bond acceptors (Lipinski definition) is 5. The van der Waals surface area contributed by atoms with Crippen molar-refractivity contribution >= 4 is 55.9 Å². The Balaban J connectivity index is 1.54. The molecule has 1 heterocycles. The zero-order chi connectivity index (χ0) is 16.9. The molecular formula is C17H15N3O2S2. The van der Waals surface area contributed by atoms with E-state index in [0.717, 1.165) is 20.8 Å². The van der Waals surface area contributed by atoms with Gasteiger partial charge >= 0.3 is 0 Å². The molecular weight excluding hydrogens is 342 g/mol. The summed E-state index contributed by atoms with van der Waals surface area (Å²) in [5, 5.41) is 6.15. The number of nitrogens with one attached hydrogen (secondary N) is 2. The number of thiazole rings is 1. The highest BCUT2D eigenvalue weighted by atomic mass is 32.2. The van der Waals surface area contributed by atoms with E-state index in [1.54, 1.807) is 0 Å². The van der Waals surface area contributed by atoms with Crippen molar-refractivity contribution in [1.29, 1.82) is 0 Å². The fourth-order valence-corrected chi connectivity index (χ4v) is 3.65. The Morgan fingerprint density at radius 2 is 1.83 bits per heavy atom. The van der Waals surface area contributed by atoms with Gasteiger partial charge in [0.15, 0.2) is 5.13 Å².